The molecule has 0 spiro atoms. The van der Waals surface area contributed by atoms with E-state index >= 15 is 0 Å². The number of benzene rings is 1. The molecule has 0 aliphatic carbocycles. The third-order valence-corrected chi connectivity index (χ3v) is 4.46. The fourth-order valence-corrected chi connectivity index (χ4v) is 2.89. The molecule has 2 aromatic rings. The van der Waals surface area contributed by atoms with Crippen LogP contribution in [-0.4, -0.2) is 27.5 Å². The minimum Gasteiger partial charge on any atom is -0.346 e. The number of rotatable bonds is 6. The van der Waals surface area contributed by atoms with E-state index in [4.69, 9.17) is 0 Å². The van der Waals surface area contributed by atoms with Crippen LogP contribution in [0, 0.1) is 13.8 Å². The van der Waals surface area contributed by atoms with Gasteiger partial charge in [-0.05, 0) is 44.9 Å². The summed E-state index contributed by atoms with van der Waals surface area (Å²) >= 11 is 0. The smallest absolute Gasteiger partial charge is 0.346 e. The second-order valence-electron chi connectivity index (χ2n) is 6.32. The molecule has 0 aliphatic heterocycles. The normalized spacial score (nSPS) is 11.7. The number of hydrogen-bond donors (Lipinski definition) is 1. The van der Waals surface area contributed by atoms with Crippen LogP contribution >= 0.6 is 0 Å². The first-order valence-corrected chi connectivity index (χ1v) is 8.69. The van der Waals surface area contributed by atoms with Gasteiger partial charge in [0.2, 0.25) is 0 Å². The van der Waals surface area contributed by atoms with E-state index in [1.54, 1.807) is 13.8 Å². The summed E-state index contributed by atoms with van der Waals surface area (Å²) in [4.78, 5) is 24.8. The van der Waals surface area contributed by atoms with Gasteiger partial charge in [-0.25, -0.2) is 4.68 Å². The standard InChI is InChI=1S/C19H22F3N3O2/c1-5-14(6-2)23-18(27)17(26)16-11(3)24-25(12(16)4)15-9-7-8-13(10-15)19(20,21)22/h7-10,14H,5-6H2,1-4H3,(H,23,27). The largest absolute Gasteiger partial charge is 0.416 e. The van der Waals surface area contributed by atoms with Gasteiger partial charge in [0.05, 0.1) is 28.2 Å². The van der Waals surface area contributed by atoms with E-state index in [-0.39, 0.29) is 23.0 Å². The lowest BCUT2D eigenvalue weighted by molar-refractivity contribution is -0.137. The lowest BCUT2D eigenvalue weighted by atomic mass is 10.1. The Morgan fingerprint density at radius 2 is 1.81 bits per heavy atom. The fourth-order valence-electron chi connectivity index (χ4n) is 2.89. The number of alkyl halides is 3. The number of amides is 1. The number of nitrogens with zero attached hydrogens (tertiary/aromatic N) is 2. The van der Waals surface area contributed by atoms with E-state index in [9.17, 15) is 22.8 Å². The van der Waals surface area contributed by atoms with Crippen LogP contribution in [0.2, 0.25) is 0 Å². The van der Waals surface area contributed by atoms with E-state index < -0.39 is 23.4 Å². The molecule has 0 unspecified atom stereocenters. The minimum absolute atomic E-state index is 0.107. The molecule has 0 aliphatic rings. The molecular formula is C19H22F3N3O2. The second-order valence-corrected chi connectivity index (χ2v) is 6.32. The zero-order valence-electron chi connectivity index (χ0n) is 15.6. The first kappa shape index (κ1) is 20.7. The highest BCUT2D eigenvalue weighted by molar-refractivity contribution is 6.43. The maximum Gasteiger partial charge on any atom is 0.416 e. The Morgan fingerprint density at radius 1 is 1.19 bits per heavy atom. The Bertz CT molecular complexity index is 852. The van der Waals surface area contributed by atoms with Crippen LogP contribution < -0.4 is 5.32 Å². The summed E-state index contributed by atoms with van der Waals surface area (Å²) in [7, 11) is 0. The summed E-state index contributed by atoms with van der Waals surface area (Å²) in [6.07, 6.45) is -3.10. The van der Waals surface area contributed by atoms with Gasteiger partial charge >= 0.3 is 6.18 Å². The van der Waals surface area contributed by atoms with Gasteiger partial charge in [-0.2, -0.15) is 18.3 Å². The van der Waals surface area contributed by atoms with Crippen molar-refractivity contribution in [1.82, 2.24) is 15.1 Å². The number of halogens is 3. The van der Waals surface area contributed by atoms with Gasteiger partial charge in [0, 0.05) is 6.04 Å². The van der Waals surface area contributed by atoms with Gasteiger partial charge in [0.15, 0.2) is 0 Å². The zero-order valence-corrected chi connectivity index (χ0v) is 15.6. The number of carbonyl (C=O) groups excluding carboxylic acids is 2. The minimum atomic E-state index is -4.49. The zero-order chi connectivity index (χ0) is 20.4. The van der Waals surface area contributed by atoms with Crippen LogP contribution in [0.3, 0.4) is 0 Å². The second kappa shape index (κ2) is 7.94. The third-order valence-electron chi connectivity index (χ3n) is 4.46. The molecule has 146 valence electrons. The Kier molecular flexibility index (Phi) is 6.08. The number of ketones is 1. The summed E-state index contributed by atoms with van der Waals surface area (Å²) in [5, 5.41) is 6.85. The highest BCUT2D eigenvalue weighted by atomic mass is 19.4. The summed E-state index contributed by atoms with van der Waals surface area (Å²) in [6.45, 7) is 6.91. The molecule has 1 amide bonds. The van der Waals surface area contributed by atoms with Crippen LogP contribution in [0.5, 0.6) is 0 Å². The first-order valence-electron chi connectivity index (χ1n) is 8.69. The molecule has 5 nitrogen and oxygen atoms in total. The van der Waals surface area contributed by atoms with E-state index in [2.05, 4.69) is 10.4 Å². The van der Waals surface area contributed by atoms with Crippen molar-refractivity contribution in [2.75, 3.05) is 0 Å². The lowest BCUT2D eigenvalue weighted by Crippen LogP contribution is -2.39. The van der Waals surface area contributed by atoms with Gasteiger partial charge in [-0.3, -0.25) is 9.59 Å². The Hall–Kier alpha value is -2.64. The molecule has 8 heteroatoms. The van der Waals surface area contributed by atoms with Crippen LogP contribution in [0.15, 0.2) is 24.3 Å². The molecule has 0 bridgehead atoms. The van der Waals surface area contributed by atoms with E-state index in [0.717, 1.165) is 12.1 Å². The molecule has 1 aromatic heterocycles. The topological polar surface area (TPSA) is 64.0 Å². The van der Waals surface area contributed by atoms with Crippen LogP contribution in [-0.2, 0) is 11.0 Å². The summed E-state index contributed by atoms with van der Waals surface area (Å²) in [6, 6.07) is 4.55. The molecular weight excluding hydrogens is 359 g/mol. The maximum atomic E-state index is 13.0. The number of Topliss-reactive ketones (excluding diaryl/α,β-unsaturated/α-hetero) is 1. The van der Waals surface area contributed by atoms with Crippen molar-refractivity contribution in [2.24, 2.45) is 0 Å². The number of aryl methyl sites for hydroxylation is 1. The van der Waals surface area contributed by atoms with Crippen LogP contribution in [0.1, 0.15) is 54.0 Å². The predicted molar refractivity (Wildman–Crippen MR) is 94.9 cm³/mol. The van der Waals surface area contributed by atoms with Crippen molar-refractivity contribution in [1.29, 1.82) is 0 Å². The lowest BCUT2D eigenvalue weighted by Gasteiger charge is -2.14. The van der Waals surface area contributed by atoms with E-state index in [0.29, 0.717) is 18.5 Å². The molecule has 0 radical (unpaired) electrons. The van der Waals surface area contributed by atoms with Crippen LogP contribution in [0.4, 0.5) is 13.2 Å². The average Bonchev–Trinajstić information content (AvgIpc) is 2.92. The molecule has 0 saturated heterocycles. The van der Waals surface area contributed by atoms with Crippen molar-refractivity contribution < 1.29 is 22.8 Å². The molecule has 1 N–H and O–H groups in total. The van der Waals surface area contributed by atoms with Gasteiger partial charge in [0.25, 0.3) is 11.7 Å². The molecule has 0 saturated carbocycles. The molecule has 2 rings (SSSR count). The number of hydrogen-bond acceptors (Lipinski definition) is 3. The number of carbonyl (C=O) groups is 2. The SMILES string of the molecule is CCC(CC)NC(=O)C(=O)c1c(C)nn(-c2cccc(C(F)(F)F)c2)c1C. The average molecular weight is 381 g/mol. The Morgan fingerprint density at radius 3 is 2.37 bits per heavy atom. The van der Waals surface area contributed by atoms with Gasteiger partial charge in [-0.15, -0.1) is 0 Å². The predicted octanol–water partition coefficient (Wildman–Crippen LogP) is 4.00. The highest BCUT2D eigenvalue weighted by Crippen LogP contribution is 2.30. The molecule has 0 fully saturated rings. The highest BCUT2D eigenvalue weighted by Gasteiger charge is 2.31. The Balaban J connectivity index is 2.40. The van der Waals surface area contributed by atoms with Crippen molar-refractivity contribution >= 4 is 11.7 Å². The van der Waals surface area contributed by atoms with Crippen LogP contribution in [0.25, 0.3) is 5.69 Å². The quantitative estimate of drug-likeness (QED) is 0.608. The molecule has 1 heterocycles. The van der Waals surface area contributed by atoms with E-state index in [1.807, 2.05) is 13.8 Å². The van der Waals surface area contributed by atoms with Crippen molar-refractivity contribution in [3.8, 4) is 5.69 Å². The molecule has 27 heavy (non-hydrogen) atoms. The third kappa shape index (κ3) is 4.37. The number of aromatic nitrogens is 2. The first-order chi connectivity index (χ1) is 12.6. The van der Waals surface area contributed by atoms with Crippen molar-refractivity contribution in [3.05, 3.63) is 46.8 Å². The van der Waals surface area contributed by atoms with E-state index in [1.165, 1.54) is 16.8 Å². The summed E-state index contributed by atoms with van der Waals surface area (Å²) in [5.41, 5.74) is 0.0683. The Labute approximate surface area is 155 Å². The number of nitrogens with one attached hydrogen (secondary N) is 1. The summed E-state index contributed by atoms with van der Waals surface area (Å²) in [5.74, 6) is -1.48. The maximum absolute atomic E-state index is 13.0. The monoisotopic (exact) mass is 381 g/mol. The van der Waals surface area contributed by atoms with Gasteiger partial charge in [0.1, 0.15) is 0 Å². The van der Waals surface area contributed by atoms with Gasteiger partial charge in [-0.1, -0.05) is 19.9 Å². The molecule has 1 aromatic carbocycles. The fraction of sp³-hybridized carbons (Fsp3) is 0.421. The van der Waals surface area contributed by atoms with Crippen molar-refractivity contribution in [2.45, 2.75) is 52.8 Å². The van der Waals surface area contributed by atoms with Gasteiger partial charge < -0.3 is 5.32 Å². The molecule has 0 atom stereocenters. The summed E-state index contributed by atoms with van der Waals surface area (Å²) < 4.78 is 40.1. The van der Waals surface area contributed by atoms with Crippen molar-refractivity contribution in [3.63, 3.8) is 0 Å².